The Balaban J connectivity index is 1.58. The molecule has 2 atom stereocenters. The molecule has 0 aromatic heterocycles. The van der Waals surface area contributed by atoms with Crippen LogP contribution in [0, 0.1) is 0 Å². The summed E-state index contributed by atoms with van der Waals surface area (Å²) in [4.78, 5) is 38.0. The first-order chi connectivity index (χ1) is 17.9. The number of rotatable bonds is 1. The maximum Gasteiger partial charge on any atom is 0.342 e. The third-order valence-corrected chi connectivity index (χ3v) is 7.08. The number of ketones is 1. The number of phenols is 1. The predicted molar refractivity (Wildman–Crippen MR) is 138 cm³/mol. The SMILES string of the molecule is C[C@@H]1CCCC(=O)CCCC=Cc2cc3c(c(O)c2C(=O)O1)[C@H](C1=Cc2ccccc2OC1)CC(=O)O3. The van der Waals surface area contributed by atoms with Crippen LogP contribution in [0.4, 0.5) is 0 Å². The molecule has 1 N–H and O–H groups in total. The van der Waals surface area contributed by atoms with Crippen LogP contribution in [0.5, 0.6) is 17.2 Å². The minimum atomic E-state index is -0.647. The maximum atomic E-state index is 13.3. The standard InChI is InChI=1S/C30H30O7/c1-18-8-7-12-22(31)11-4-2-3-10-20-15-25-28(29(33)27(20)30(34)36-18)23(16-26(32)37-25)21-14-19-9-5-6-13-24(19)35-17-21/h3,5-6,9-10,13-15,18,23,33H,2,4,7-8,11-12,16-17H2,1H3/t18-,23+/m1/s1. The lowest BCUT2D eigenvalue weighted by atomic mass is 9.82. The molecule has 0 radical (unpaired) electrons. The molecule has 3 aliphatic heterocycles. The molecule has 0 saturated carbocycles. The van der Waals surface area contributed by atoms with Gasteiger partial charge in [0.05, 0.1) is 12.5 Å². The van der Waals surface area contributed by atoms with Crippen LogP contribution >= 0.6 is 0 Å². The summed E-state index contributed by atoms with van der Waals surface area (Å²) in [5, 5.41) is 11.5. The van der Waals surface area contributed by atoms with Crippen molar-refractivity contribution in [3.05, 3.63) is 64.2 Å². The van der Waals surface area contributed by atoms with Crippen LogP contribution in [0.1, 0.15) is 84.8 Å². The molecule has 0 bridgehead atoms. The minimum absolute atomic E-state index is 0.0199. The zero-order valence-electron chi connectivity index (χ0n) is 20.8. The number of allylic oxidation sites excluding steroid dienone is 1. The van der Waals surface area contributed by atoms with Crippen LogP contribution < -0.4 is 9.47 Å². The van der Waals surface area contributed by atoms with Crippen molar-refractivity contribution in [1.82, 2.24) is 0 Å². The highest BCUT2D eigenvalue weighted by Gasteiger charge is 2.37. The minimum Gasteiger partial charge on any atom is -0.507 e. The fourth-order valence-corrected chi connectivity index (χ4v) is 5.17. The molecule has 0 saturated heterocycles. The molecule has 5 rings (SSSR count). The number of phenolic OH excluding ortho intramolecular Hbond substituents is 1. The molecular weight excluding hydrogens is 472 g/mol. The van der Waals surface area contributed by atoms with Gasteiger partial charge in [-0.3, -0.25) is 9.59 Å². The number of fused-ring (bicyclic) bond motifs is 3. The first-order valence-electron chi connectivity index (χ1n) is 12.8. The van der Waals surface area contributed by atoms with Crippen molar-refractivity contribution in [2.45, 2.75) is 63.9 Å². The second-order valence-electron chi connectivity index (χ2n) is 9.82. The highest BCUT2D eigenvalue weighted by Crippen LogP contribution is 2.48. The zero-order valence-corrected chi connectivity index (χ0v) is 20.8. The Morgan fingerprint density at radius 3 is 2.68 bits per heavy atom. The lowest BCUT2D eigenvalue weighted by Gasteiger charge is -2.30. The molecule has 0 aliphatic carbocycles. The van der Waals surface area contributed by atoms with Crippen molar-refractivity contribution in [1.29, 1.82) is 0 Å². The number of carbonyl (C=O) groups excluding carboxylic acids is 3. The number of hydrogen-bond donors (Lipinski definition) is 1. The van der Waals surface area contributed by atoms with Gasteiger partial charge in [0.25, 0.3) is 0 Å². The quantitative estimate of drug-likeness (QED) is 0.392. The van der Waals surface area contributed by atoms with Crippen molar-refractivity contribution in [3.63, 3.8) is 0 Å². The average Bonchev–Trinajstić information content (AvgIpc) is 2.87. The topological polar surface area (TPSA) is 99.1 Å². The molecule has 0 unspecified atom stereocenters. The fourth-order valence-electron chi connectivity index (χ4n) is 5.17. The number of hydrogen-bond acceptors (Lipinski definition) is 7. The second kappa shape index (κ2) is 10.6. The van der Waals surface area contributed by atoms with E-state index in [2.05, 4.69) is 0 Å². The molecule has 192 valence electrons. The van der Waals surface area contributed by atoms with Gasteiger partial charge in [-0.25, -0.2) is 4.79 Å². The largest absolute Gasteiger partial charge is 0.507 e. The fraction of sp³-hybridized carbons (Fsp3) is 0.367. The molecule has 0 spiro atoms. The van der Waals surface area contributed by atoms with Crippen LogP contribution in [0.3, 0.4) is 0 Å². The third kappa shape index (κ3) is 5.31. The molecular formula is C30H30O7. The van der Waals surface area contributed by atoms with Gasteiger partial charge in [0, 0.05) is 29.9 Å². The van der Waals surface area contributed by atoms with Crippen LogP contribution in [0.25, 0.3) is 12.2 Å². The number of benzene rings is 2. The van der Waals surface area contributed by atoms with E-state index >= 15 is 0 Å². The highest BCUT2D eigenvalue weighted by atomic mass is 16.5. The van der Waals surface area contributed by atoms with Crippen LogP contribution in [0.15, 0.2) is 42.0 Å². The number of carbonyl (C=O) groups is 3. The summed E-state index contributed by atoms with van der Waals surface area (Å²) >= 11 is 0. The Bertz CT molecular complexity index is 1300. The summed E-state index contributed by atoms with van der Waals surface area (Å²) in [6.45, 7) is 2.04. The normalized spacial score (nSPS) is 22.3. The van der Waals surface area contributed by atoms with Gasteiger partial charge in [0.1, 0.15) is 35.2 Å². The van der Waals surface area contributed by atoms with E-state index in [0.717, 1.165) is 16.9 Å². The number of aromatic hydroxyl groups is 1. The summed E-state index contributed by atoms with van der Waals surface area (Å²) in [5.41, 5.74) is 2.55. The highest BCUT2D eigenvalue weighted by molar-refractivity contribution is 5.98. The molecule has 0 fully saturated rings. The Morgan fingerprint density at radius 1 is 1.00 bits per heavy atom. The Kier molecular flexibility index (Phi) is 7.12. The molecule has 2 aromatic carbocycles. The van der Waals surface area contributed by atoms with Crippen LogP contribution in [0.2, 0.25) is 0 Å². The van der Waals surface area contributed by atoms with Gasteiger partial charge in [-0.15, -0.1) is 0 Å². The van der Waals surface area contributed by atoms with Gasteiger partial charge >= 0.3 is 11.9 Å². The Hall–Kier alpha value is -3.87. The van der Waals surface area contributed by atoms with E-state index in [4.69, 9.17) is 14.2 Å². The smallest absolute Gasteiger partial charge is 0.342 e. The van der Waals surface area contributed by atoms with Crippen molar-refractivity contribution < 1.29 is 33.7 Å². The van der Waals surface area contributed by atoms with Gasteiger partial charge in [0.15, 0.2) is 0 Å². The average molecular weight is 503 g/mol. The molecule has 37 heavy (non-hydrogen) atoms. The van der Waals surface area contributed by atoms with Gasteiger partial charge in [0.2, 0.25) is 0 Å². The number of esters is 2. The number of cyclic esters (lactones) is 1. The van der Waals surface area contributed by atoms with Crippen LogP contribution in [-0.2, 0) is 14.3 Å². The molecule has 7 heteroatoms. The lowest BCUT2D eigenvalue weighted by Crippen LogP contribution is -2.26. The van der Waals surface area contributed by atoms with E-state index in [9.17, 15) is 19.5 Å². The molecule has 3 aliphatic rings. The monoisotopic (exact) mass is 502 g/mol. The number of para-hydroxylation sites is 1. The number of Topliss-reactive ketones (excluding diaryl/α,β-unsaturated/α-hetero) is 1. The number of ether oxygens (including phenoxy) is 3. The second-order valence-corrected chi connectivity index (χ2v) is 9.82. The molecule has 0 amide bonds. The van der Waals surface area contributed by atoms with E-state index in [1.165, 1.54) is 0 Å². The van der Waals surface area contributed by atoms with Gasteiger partial charge in [-0.1, -0.05) is 30.4 Å². The molecule has 7 nitrogen and oxygen atoms in total. The first-order valence-corrected chi connectivity index (χ1v) is 12.8. The summed E-state index contributed by atoms with van der Waals surface area (Å²) in [5.74, 6) is -0.640. The van der Waals surface area contributed by atoms with E-state index < -0.39 is 24.0 Å². The Labute approximate surface area is 215 Å². The van der Waals surface area contributed by atoms with Gasteiger partial charge < -0.3 is 19.3 Å². The van der Waals surface area contributed by atoms with Crippen molar-refractivity contribution in [3.8, 4) is 17.2 Å². The molecule has 2 aromatic rings. The maximum absolute atomic E-state index is 13.3. The first kappa shape index (κ1) is 24.8. The van der Waals surface area contributed by atoms with Crippen molar-refractivity contribution in [2.75, 3.05) is 6.61 Å². The van der Waals surface area contributed by atoms with Gasteiger partial charge in [-0.05, 0) is 62.0 Å². The van der Waals surface area contributed by atoms with Crippen LogP contribution in [-0.4, -0.2) is 35.5 Å². The van der Waals surface area contributed by atoms with Gasteiger partial charge in [-0.2, -0.15) is 0 Å². The summed E-state index contributed by atoms with van der Waals surface area (Å²) < 4.78 is 17.2. The van der Waals surface area contributed by atoms with E-state index in [1.807, 2.05) is 36.4 Å². The Morgan fingerprint density at radius 2 is 1.81 bits per heavy atom. The van der Waals surface area contributed by atoms with E-state index in [1.54, 1.807) is 19.1 Å². The van der Waals surface area contributed by atoms with E-state index in [-0.39, 0.29) is 35.9 Å². The summed E-state index contributed by atoms with van der Waals surface area (Å²) in [6.07, 6.45) is 8.65. The predicted octanol–water partition coefficient (Wildman–Crippen LogP) is 5.74. The zero-order chi connectivity index (χ0) is 25.9. The van der Waals surface area contributed by atoms with E-state index in [0.29, 0.717) is 49.7 Å². The molecule has 3 heterocycles. The summed E-state index contributed by atoms with van der Waals surface area (Å²) in [6, 6.07) is 9.23. The van der Waals surface area contributed by atoms with Crippen molar-refractivity contribution >= 4 is 29.9 Å². The third-order valence-electron chi connectivity index (χ3n) is 7.08. The lowest BCUT2D eigenvalue weighted by molar-refractivity contribution is -0.135. The van der Waals surface area contributed by atoms with Crippen molar-refractivity contribution in [2.24, 2.45) is 0 Å². The summed E-state index contributed by atoms with van der Waals surface area (Å²) in [7, 11) is 0.